The zero-order chi connectivity index (χ0) is 27.3. The van der Waals surface area contributed by atoms with Gasteiger partial charge in [0, 0.05) is 24.9 Å². The standard InChI is InChI=1S/C28H36N4O6/c29-21(13-7-15-23(33)37-17-19-9-3-1-4-10-19)25-27(35)32-26(28(36)31-25)22(30)14-8-16-24(34)38-18-20-11-5-2-6-12-20/h1-6,9-12,21-22,25-26H,7-8,13-18,29-30H2,(H,31,36)(H,32,35)/t21?,22?,25-,26-/m0/s1. The fourth-order valence-electron chi connectivity index (χ4n) is 4.14. The molecule has 1 heterocycles. The first-order valence-corrected chi connectivity index (χ1v) is 12.8. The first-order chi connectivity index (χ1) is 18.3. The van der Waals surface area contributed by atoms with Crippen molar-refractivity contribution in [3.63, 3.8) is 0 Å². The second-order valence-electron chi connectivity index (χ2n) is 9.38. The lowest BCUT2D eigenvalue weighted by Gasteiger charge is -2.35. The molecule has 0 spiro atoms. The molecule has 0 aromatic heterocycles. The van der Waals surface area contributed by atoms with Crippen molar-refractivity contribution in [2.75, 3.05) is 0 Å². The molecule has 3 rings (SSSR count). The van der Waals surface area contributed by atoms with E-state index in [9.17, 15) is 19.2 Å². The minimum absolute atomic E-state index is 0.157. The summed E-state index contributed by atoms with van der Waals surface area (Å²) < 4.78 is 10.5. The monoisotopic (exact) mass is 524 g/mol. The largest absolute Gasteiger partial charge is 0.461 e. The van der Waals surface area contributed by atoms with Gasteiger partial charge in [0.2, 0.25) is 11.8 Å². The molecule has 4 atom stereocenters. The lowest BCUT2D eigenvalue weighted by atomic mass is 9.95. The number of carbonyl (C=O) groups excluding carboxylic acids is 4. The van der Waals surface area contributed by atoms with E-state index in [4.69, 9.17) is 20.9 Å². The Bertz CT molecular complexity index is 980. The van der Waals surface area contributed by atoms with Crippen LogP contribution in [0.15, 0.2) is 60.7 Å². The Hall–Kier alpha value is -3.76. The summed E-state index contributed by atoms with van der Waals surface area (Å²) in [6, 6.07) is 15.5. The van der Waals surface area contributed by atoms with E-state index in [0.29, 0.717) is 25.7 Å². The number of piperazine rings is 1. The SMILES string of the molecule is NC(CCCC(=O)OCc1ccccc1)[C@@H]1NC(=O)[C@H](C(N)CCCC(=O)OCc2ccccc2)NC1=O. The van der Waals surface area contributed by atoms with Crippen molar-refractivity contribution in [1.29, 1.82) is 0 Å². The van der Waals surface area contributed by atoms with Crippen LogP contribution >= 0.6 is 0 Å². The molecule has 0 bridgehead atoms. The molecular formula is C28H36N4O6. The van der Waals surface area contributed by atoms with Gasteiger partial charge in [0.25, 0.3) is 0 Å². The van der Waals surface area contributed by atoms with Gasteiger partial charge in [-0.05, 0) is 36.8 Å². The third-order valence-corrected chi connectivity index (χ3v) is 6.34. The molecule has 1 saturated heterocycles. The Morgan fingerprint density at radius 1 is 0.684 bits per heavy atom. The number of ether oxygens (including phenoxy) is 2. The van der Waals surface area contributed by atoms with Crippen LogP contribution in [-0.4, -0.2) is 47.9 Å². The van der Waals surface area contributed by atoms with Gasteiger partial charge in [-0.25, -0.2) is 0 Å². The van der Waals surface area contributed by atoms with E-state index < -0.39 is 36.0 Å². The van der Waals surface area contributed by atoms with Crippen LogP contribution in [0.3, 0.4) is 0 Å². The molecule has 6 N–H and O–H groups in total. The highest BCUT2D eigenvalue weighted by atomic mass is 16.5. The van der Waals surface area contributed by atoms with E-state index in [-0.39, 0.29) is 38.0 Å². The van der Waals surface area contributed by atoms with Crippen molar-refractivity contribution in [2.24, 2.45) is 11.5 Å². The number of benzene rings is 2. The van der Waals surface area contributed by atoms with Crippen molar-refractivity contribution >= 4 is 23.8 Å². The molecule has 2 aromatic rings. The predicted octanol–water partition coefficient (Wildman–Crippen LogP) is 1.45. The van der Waals surface area contributed by atoms with Crippen molar-refractivity contribution in [3.05, 3.63) is 71.8 Å². The molecule has 0 aliphatic carbocycles. The molecule has 0 radical (unpaired) electrons. The number of nitrogens with two attached hydrogens (primary N) is 2. The van der Waals surface area contributed by atoms with Gasteiger partial charge in [0.05, 0.1) is 0 Å². The van der Waals surface area contributed by atoms with Crippen molar-refractivity contribution in [1.82, 2.24) is 10.6 Å². The highest BCUT2D eigenvalue weighted by Crippen LogP contribution is 2.13. The van der Waals surface area contributed by atoms with E-state index in [0.717, 1.165) is 11.1 Å². The smallest absolute Gasteiger partial charge is 0.306 e. The number of hydrogen-bond donors (Lipinski definition) is 4. The second kappa shape index (κ2) is 14.8. The second-order valence-corrected chi connectivity index (χ2v) is 9.38. The normalized spacial score (nSPS) is 18.6. The van der Waals surface area contributed by atoms with Gasteiger partial charge in [0.1, 0.15) is 25.3 Å². The summed E-state index contributed by atoms with van der Waals surface area (Å²) in [4.78, 5) is 49.2. The molecule has 204 valence electrons. The van der Waals surface area contributed by atoms with Gasteiger partial charge in [-0.3, -0.25) is 19.2 Å². The van der Waals surface area contributed by atoms with Crippen LogP contribution in [0.2, 0.25) is 0 Å². The molecule has 1 aliphatic rings. The molecule has 1 aliphatic heterocycles. The minimum Gasteiger partial charge on any atom is -0.461 e. The van der Waals surface area contributed by atoms with Gasteiger partial charge in [-0.15, -0.1) is 0 Å². The van der Waals surface area contributed by atoms with Crippen molar-refractivity contribution in [3.8, 4) is 0 Å². The number of rotatable bonds is 14. The highest BCUT2D eigenvalue weighted by molar-refractivity contribution is 5.97. The average Bonchev–Trinajstić information content (AvgIpc) is 2.92. The molecule has 1 fully saturated rings. The van der Waals surface area contributed by atoms with Crippen LogP contribution in [0.4, 0.5) is 0 Å². The van der Waals surface area contributed by atoms with Crippen molar-refractivity contribution < 1.29 is 28.7 Å². The minimum atomic E-state index is -0.917. The highest BCUT2D eigenvalue weighted by Gasteiger charge is 2.39. The number of esters is 2. The van der Waals surface area contributed by atoms with E-state index in [1.54, 1.807) is 0 Å². The van der Waals surface area contributed by atoms with Gasteiger partial charge >= 0.3 is 11.9 Å². The average molecular weight is 525 g/mol. The summed E-state index contributed by atoms with van der Waals surface area (Å²) in [7, 11) is 0. The van der Waals surface area contributed by atoms with E-state index in [2.05, 4.69) is 10.6 Å². The molecule has 2 amide bonds. The number of carbonyl (C=O) groups is 4. The van der Waals surface area contributed by atoms with Gasteiger partial charge in [-0.2, -0.15) is 0 Å². The molecule has 10 nitrogen and oxygen atoms in total. The van der Waals surface area contributed by atoms with Crippen molar-refractivity contribution in [2.45, 2.75) is 75.9 Å². The Morgan fingerprint density at radius 3 is 1.42 bits per heavy atom. The fraction of sp³-hybridized carbons (Fsp3) is 0.429. The number of amides is 2. The van der Waals surface area contributed by atoms with Gasteiger partial charge in [-0.1, -0.05) is 60.7 Å². The van der Waals surface area contributed by atoms with Crippen LogP contribution in [-0.2, 0) is 41.9 Å². The van der Waals surface area contributed by atoms with E-state index in [1.807, 2.05) is 60.7 Å². The quantitative estimate of drug-likeness (QED) is 0.270. The topological polar surface area (TPSA) is 163 Å². The van der Waals surface area contributed by atoms with Gasteiger partial charge < -0.3 is 31.6 Å². The molecule has 10 heteroatoms. The molecule has 0 saturated carbocycles. The molecule has 2 aromatic carbocycles. The van der Waals surface area contributed by atoms with E-state index in [1.165, 1.54) is 0 Å². The summed E-state index contributed by atoms with van der Waals surface area (Å²) in [5.74, 6) is -1.56. The Labute approximate surface area is 222 Å². The summed E-state index contributed by atoms with van der Waals surface area (Å²) >= 11 is 0. The Balaban J connectivity index is 1.32. The lowest BCUT2D eigenvalue weighted by molar-refractivity contribution is -0.146. The number of nitrogens with one attached hydrogen (secondary N) is 2. The van der Waals surface area contributed by atoms with Crippen LogP contribution in [0.1, 0.15) is 49.7 Å². The third-order valence-electron chi connectivity index (χ3n) is 6.34. The maximum atomic E-state index is 12.6. The summed E-state index contributed by atoms with van der Waals surface area (Å²) in [6.07, 6.45) is 1.84. The first-order valence-electron chi connectivity index (χ1n) is 12.8. The predicted molar refractivity (Wildman–Crippen MR) is 140 cm³/mol. The zero-order valence-electron chi connectivity index (χ0n) is 21.3. The molecular weight excluding hydrogens is 488 g/mol. The van der Waals surface area contributed by atoms with Crippen LogP contribution < -0.4 is 22.1 Å². The van der Waals surface area contributed by atoms with E-state index >= 15 is 0 Å². The maximum absolute atomic E-state index is 12.6. The first kappa shape index (κ1) is 28.8. The van der Waals surface area contributed by atoms with Crippen LogP contribution in [0, 0.1) is 0 Å². The summed E-state index contributed by atoms with van der Waals surface area (Å²) in [6.45, 7) is 0.395. The summed E-state index contributed by atoms with van der Waals surface area (Å²) in [5.41, 5.74) is 14.1. The van der Waals surface area contributed by atoms with Gasteiger partial charge in [0.15, 0.2) is 0 Å². The molecule has 2 unspecified atom stereocenters. The van der Waals surface area contributed by atoms with Crippen LogP contribution in [0.5, 0.6) is 0 Å². The zero-order valence-corrected chi connectivity index (χ0v) is 21.3. The summed E-state index contributed by atoms with van der Waals surface area (Å²) in [5, 5.41) is 5.31. The van der Waals surface area contributed by atoms with Crippen LogP contribution in [0.25, 0.3) is 0 Å². The maximum Gasteiger partial charge on any atom is 0.306 e. The third kappa shape index (κ3) is 9.28. The molecule has 38 heavy (non-hydrogen) atoms. The Kier molecular flexibility index (Phi) is 11.3. The number of hydrogen-bond acceptors (Lipinski definition) is 8. The fourth-order valence-corrected chi connectivity index (χ4v) is 4.14. The lowest BCUT2D eigenvalue weighted by Crippen LogP contribution is -2.70. The Morgan fingerprint density at radius 2 is 1.05 bits per heavy atom.